The van der Waals surface area contributed by atoms with E-state index in [0.29, 0.717) is 6.61 Å². The van der Waals surface area contributed by atoms with E-state index in [4.69, 9.17) is 9.78 Å². The maximum atomic E-state index is 5.47. The zero-order valence-corrected chi connectivity index (χ0v) is 13.5. The lowest BCUT2D eigenvalue weighted by atomic mass is 10.0. The highest BCUT2D eigenvalue weighted by Gasteiger charge is 2.10. The first-order chi connectivity index (χ1) is 9.56. The molecule has 20 heavy (non-hydrogen) atoms. The van der Waals surface area contributed by atoms with Gasteiger partial charge >= 0.3 is 0 Å². The van der Waals surface area contributed by atoms with Crippen LogP contribution in [0.3, 0.4) is 0 Å². The van der Waals surface area contributed by atoms with E-state index >= 15 is 0 Å². The first-order valence-corrected chi connectivity index (χ1v) is 7.42. The van der Waals surface area contributed by atoms with E-state index in [1.807, 2.05) is 20.8 Å². The molecule has 0 aliphatic heterocycles. The Balaban J connectivity index is 2.64. The van der Waals surface area contributed by atoms with Gasteiger partial charge in [-0.2, -0.15) is 4.89 Å². The maximum absolute atomic E-state index is 5.47. The lowest BCUT2D eigenvalue weighted by molar-refractivity contribution is -0.203. The molecule has 0 saturated carbocycles. The van der Waals surface area contributed by atoms with Crippen molar-refractivity contribution in [2.45, 2.75) is 53.9 Å². The van der Waals surface area contributed by atoms with Crippen LogP contribution in [0, 0.1) is 13.8 Å². The van der Waals surface area contributed by atoms with Crippen LogP contribution >= 0.6 is 0 Å². The third kappa shape index (κ3) is 5.33. The van der Waals surface area contributed by atoms with Crippen LogP contribution in [0.2, 0.25) is 0 Å². The van der Waals surface area contributed by atoms with Gasteiger partial charge in [-0.25, -0.2) is 0 Å². The summed E-state index contributed by atoms with van der Waals surface area (Å²) in [5, 5.41) is 0. The van der Waals surface area contributed by atoms with Gasteiger partial charge in [0.05, 0.1) is 6.61 Å². The minimum Gasteiger partial charge on any atom is -0.337 e. The molecule has 1 rings (SSSR count). The van der Waals surface area contributed by atoms with Gasteiger partial charge in [0.1, 0.15) is 0 Å². The Morgan fingerprint density at radius 2 is 1.90 bits per heavy atom. The average Bonchev–Trinajstić information content (AvgIpc) is 2.41. The molecule has 0 radical (unpaired) electrons. The molecule has 3 nitrogen and oxygen atoms in total. The average molecular weight is 277 g/mol. The standard InChI is InChI=1S/C17H27NO2/c1-6-19-20-17-15(5)14(4)10-11-16(17)9-7-8-12-18-13(2)3/h10-11H,6-9,12H2,1-5H3. The SMILES string of the molecule is CCOOc1c(CCCCN=C(C)C)ccc(C)c1C. The molecule has 0 heterocycles. The number of hydrogen-bond donors (Lipinski definition) is 0. The normalized spacial score (nSPS) is 10.4. The van der Waals surface area contributed by atoms with Gasteiger partial charge in [-0.15, -0.1) is 0 Å². The van der Waals surface area contributed by atoms with Crippen molar-refractivity contribution in [2.75, 3.05) is 13.2 Å². The van der Waals surface area contributed by atoms with Gasteiger partial charge in [-0.1, -0.05) is 12.1 Å². The van der Waals surface area contributed by atoms with E-state index < -0.39 is 0 Å². The number of hydrogen-bond acceptors (Lipinski definition) is 3. The molecule has 0 fully saturated rings. The van der Waals surface area contributed by atoms with Crippen LogP contribution in [-0.4, -0.2) is 18.9 Å². The maximum Gasteiger partial charge on any atom is 0.171 e. The van der Waals surface area contributed by atoms with Gasteiger partial charge in [0.25, 0.3) is 0 Å². The zero-order valence-electron chi connectivity index (χ0n) is 13.5. The smallest absolute Gasteiger partial charge is 0.171 e. The lowest BCUT2D eigenvalue weighted by Crippen LogP contribution is -2.03. The van der Waals surface area contributed by atoms with Gasteiger partial charge in [-0.05, 0) is 70.6 Å². The molecule has 0 amide bonds. The zero-order chi connectivity index (χ0) is 15.0. The summed E-state index contributed by atoms with van der Waals surface area (Å²) in [5.74, 6) is 0.891. The second-order valence-electron chi connectivity index (χ2n) is 5.27. The molecule has 3 heteroatoms. The van der Waals surface area contributed by atoms with Crippen LogP contribution in [-0.2, 0) is 11.3 Å². The Bertz CT molecular complexity index is 449. The van der Waals surface area contributed by atoms with Crippen LogP contribution in [0.15, 0.2) is 17.1 Å². The van der Waals surface area contributed by atoms with E-state index in [-0.39, 0.29) is 0 Å². The van der Waals surface area contributed by atoms with Crippen molar-refractivity contribution in [1.82, 2.24) is 0 Å². The summed E-state index contributed by atoms with van der Waals surface area (Å²) in [6.07, 6.45) is 3.22. The van der Waals surface area contributed by atoms with Crippen LogP contribution in [0.5, 0.6) is 5.75 Å². The van der Waals surface area contributed by atoms with Crippen LogP contribution < -0.4 is 4.89 Å². The second-order valence-corrected chi connectivity index (χ2v) is 5.27. The summed E-state index contributed by atoms with van der Waals surface area (Å²) in [4.78, 5) is 15.0. The monoisotopic (exact) mass is 277 g/mol. The number of aliphatic imine (C=N–C) groups is 1. The minimum atomic E-state index is 0.553. The molecule has 1 aromatic carbocycles. The minimum absolute atomic E-state index is 0.553. The molecule has 1 aromatic rings. The first kappa shape index (κ1) is 16.7. The second kappa shape index (κ2) is 8.75. The Kier molecular flexibility index (Phi) is 7.31. The van der Waals surface area contributed by atoms with Crippen LogP contribution in [0.1, 0.15) is 50.3 Å². The highest BCUT2D eigenvalue weighted by molar-refractivity contribution is 5.78. The Morgan fingerprint density at radius 1 is 1.15 bits per heavy atom. The molecule has 0 bridgehead atoms. The molecule has 0 N–H and O–H groups in total. The Hall–Kier alpha value is -1.35. The molecule has 0 aliphatic carbocycles. The third-order valence-corrected chi connectivity index (χ3v) is 3.30. The highest BCUT2D eigenvalue weighted by atomic mass is 17.2. The summed E-state index contributed by atoms with van der Waals surface area (Å²) >= 11 is 0. The molecule has 0 saturated heterocycles. The lowest BCUT2D eigenvalue weighted by Gasteiger charge is -2.14. The van der Waals surface area contributed by atoms with Crippen molar-refractivity contribution in [3.8, 4) is 5.75 Å². The fraction of sp³-hybridized carbons (Fsp3) is 0.588. The largest absolute Gasteiger partial charge is 0.337 e. The number of unbranched alkanes of at least 4 members (excludes halogenated alkanes) is 1. The molecular weight excluding hydrogens is 250 g/mol. The molecule has 0 aliphatic rings. The fourth-order valence-corrected chi connectivity index (χ4v) is 2.01. The molecule has 0 unspecified atom stereocenters. The number of benzene rings is 1. The van der Waals surface area contributed by atoms with E-state index in [0.717, 1.165) is 37.3 Å². The summed E-state index contributed by atoms with van der Waals surface area (Å²) < 4.78 is 0. The predicted octanol–water partition coefficient (Wildman–Crippen LogP) is 4.44. The van der Waals surface area contributed by atoms with Crippen molar-refractivity contribution in [3.05, 3.63) is 28.8 Å². The quantitative estimate of drug-likeness (QED) is 0.304. The van der Waals surface area contributed by atoms with E-state index in [9.17, 15) is 0 Å². The van der Waals surface area contributed by atoms with Crippen molar-refractivity contribution in [3.63, 3.8) is 0 Å². The van der Waals surface area contributed by atoms with Crippen molar-refractivity contribution in [2.24, 2.45) is 4.99 Å². The molecular formula is C17H27NO2. The highest BCUT2D eigenvalue weighted by Crippen LogP contribution is 2.28. The Morgan fingerprint density at radius 3 is 2.55 bits per heavy atom. The number of rotatable bonds is 8. The van der Waals surface area contributed by atoms with Crippen LogP contribution in [0.25, 0.3) is 0 Å². The van der Waals surface area contributed by atoms with Gasteiger partial charge in [0.2, 0.25) is 0 Å². The summed E-state index contributed by atoms with van der Waals surface area (Å²) in [5.41, 5.74) is 4.77. The first-order valence-electron chi connectivity index (χ1n) is 7.42. The number of aryl methyl sites for hydroxylation is 2. The topological polar surface area (TPSA) is 30.8 Å². The van der Waals surface area contributed by atoms with Gasteiger partial charge in [0.15, 0.2) is 5.75 Å². The number of nitrogens with zero attached hydrogens (tertiary/aromatic N) is 1. The fourth-order valence-electron chi connectivity index (χ4n) is 2.01. The van der Waals surface area contributed by atoms with Crippen molar-refractivity contribution in [1.29, 1.82) is 0 Å². The molecule has 112 valence electrons. The Labute approximate surface area is 122 Å². The van der Waals surface area contributed by atoms with E-state index in [1.165, 1.54) is 16.7 Å². The van der Waals surface area contributed by atoms with Gasteiger partial charge < -0.3 is 4.89 Å². The molecule has 0 atom stereocenters. The van der Waals surface area contributed by atoms with E-state index in [2.05, 4.69) is 31.0 Å². The molecule has 0 spiro atoms. The summed E-state index contributed by atoms with van der Waals surface area (Å²) in [6, 6.07) is 4.29. The van der Waals surface area contributed by atoms with Gasteiger partial charge in [-0.3, -0.25) is 4.99 Å². The van der Waals surface area contributed by atoms with Crippen molar-refractivity contribution >= 4 is 5.71 Å². The summed E-state index contributed by atoms with van der Waals surface area (Å²) in [6.45, 7) is 11.6. The van der Waals surface area contributed by atoms with E-state index in [1.54, 1.807) is 0 Å². The molecule has 0 aromatic heterocycles. The predicted molar refractivity (Wildman–Crippen MR) is 84.8 cm³/mol. The van der Waals surface area contributed by atoms with Crippen molar-refractivity contribution < 1.29 is 9.78 Å². The van der Waals surface area contributed by atoms with Crippen LogP contribution in [0.4, 0.5) is 0 Å². The summed E-state index contributed by atoms with van der Waals surface area (Å²) in [7, 11) is 0. The van der Waals surface area contributed by atoms with Gasteiger partial charge in [0, 0.05) is 12.3 Å². The third-order valence-electron chi connectivity index (χ3n) is 3.30.